The van der Waals surface area contributed by atoms with Crippen LogP contribution in [0, 0.1) is 0 Å². The molecule has 2 aromatic carbocycles. The minimum absolute atomic E-state index is 0.357. The van der Waals surface area contributed by atoms with E-state index >= 15 is 0 Å². The van der Waals surface area contributed by atoms with Crippen LogP contribution >= 0.6 is 0 Å². The van der Waals surface area contributed by atoms with E-state index in [9.17, 15) is 5.11 Å². The topological polar surface area (TPSA) is 35.9 Å². The number of piperazine rings is 1. The Morgan fingerprint density at radius 2 is 1.72 bits per heavy atom. The molecule has 0 aliphatic carbocycles. The first-order valence-corrected chi connectivity index (χ1v) is 10.4. The number of allylic oxidation sites excluding steroid dienone is 2. The maximum Gasteiger partial charge on any atom is 0.123 e. The molecule has 0 bridgehead atoms. The van der Waals surface area contributed by atoms with Crippen molar-refractivity contribution < 1.29 is 9.84 Å². The van der Waals surface area contributed by atoms with Crippen molar-refractivity contribution in [3.63, 3.8) is 0 Å². The van der Waals surface area contributed by atoms with Gasteiger partial charge >= 0.3 is 0 Å². The van der Waals surface area contributed by atoms with E-state index in [0.29, 0.717) is 5.75 Å². The van der Waals surface area contributed by atoms with Gasteiger partial charge in [-0.1, -0.05) is 37.3 Å². The molecule has 0 unspecified atom stereocenters. The van der Waals surface area contributed by atoms with Gasteiger partial charge in [0.15, 0.2) is 0 Å². The van der Waals surface area contributed by atoms with Gasteiger partial charge in [-0.05, 0) is 54.5 Å². The second-order valence-electron chi connectivity index (χ2n) is 7.34. The summed E-state index contributed by atoms with van der Waals surface area (Å²) in [6.07, 6.45) is 9.19. The summed E-state index contributed by atoms with van der Waals surface area (Å²) in [7, 11) is 1.70. The largest absolute Gasteiger partial charge is 0.507 e. The molecule has 154 valence electrons. The molecule has 1 aliphatic rings. The lowest BCUT2D eigenvalue weighted by Gasteiger charge is -2.36. The third kappa shape index (κ3) is 5.21. The summed E-state index contributed by atoms with van der Waals surface area (Å²) in [5.41, 5.74) is 2.51. The normalized spacial score (nSPS) is 16.7. The summed E-state index contributed by atoms with van der Waals surface area (Å²) in [4.78, 5) is 4.92. The smallest absolute Gasteiger partial charge is 0.123 e. The quantitative estimate of drug-likeness (QED) is 0.819. The fourth-order valence-electron chi connectivity index (χ4n) is 3.81. The molecule has 0 spiro atoms. The third-order valence-electron chi connectivity index (χ3n) is 5.42. The predicted molar refractivity (Wildman–Crippen MR) is 122 cm³/mol. The minimum Gasteiger partial charge on any atom is -0.507 e. The molecule has 29 heavy (non-hydrogen) atoms. The molecule has 1 N–H and O–H groups in total. The standard InChI is InChI=1S/C25H32N2O2/c1-4-6-8-23-20(9-14-25(28)24(23)7-5-2)19-26-15-17-27(18-16-26)21-10-12-22(29-3)13-11-21/h4,6-14,28H,5,15-19H2,1-3H3/b6-4-,23-8-,24-7-. The molecule has 1 aliphatic heterocycles. The van der Waals surface area contributed by atoms with E-state index in [1.807, 2.05) is 37.3 Å². The van der Waals surface area contributed by atoms with Gasteiger partial charge in [-0.25, -0.2) is 0 Å². The van der Waals surface area contributed by atoms with E-state index in [2.05, 4.69) is 47.1 Å². The minimum atomic E-state index is 0.357. The number of hydrogen-bond acceptors (Lipinski definition) is 4. The lowest BCUT2D eigenvalue weighted by molar-refractivity contribution is 0.249. The Kier molecular flexibility index (Phi) is 7.36. The molecule has 4 heteroatoms. The molecule has 1 saturated heterocycles. The van der Waals surface area contributed by atoms with E-state index in [-0.39, 0.29) is 0 Å². The van der Waals surface area contributed by atoms with Crippen LogP contribution in [0.2, 0.25) is 0 Å². The second-order valence-corrected chi connectivity index (χ2v) is 7.34. The predicted octanol–water partition coefficient (Wildman–Crippen LogP) is 3.27. The van der Waals surface area contributed by atoms with Crippen LogP contribution in [0.1, 0.15) is 25.8 Å². The molecule has 1 fully saturated rings. The van der Waals surface area contributed by atoms with Crippen LogP contribution in [0.25, 0.3) is 12.2 Å². The maximum absolute atomic E-state index is 10.3. The van der Waals surface area contributed by atoms with Crippen LogP contribution in [0.4, 0.5) is 5.69 Å². The zero-order chi connectivity index (χ0) is 20.6. The monoisotopic (exact) mass is 392 g/mol. The summed E-state index contributed by atoms with van der Waals surface area (Å²) in [5.74, 6) is 1.25. The van der Waals surface area contributed by atoms with E-state index in [1.54, 1.807) is 7.11 Å². The number of anilines is 1. The van der Waals surface area contributed by atoms with Crippen LogP contribution in [0.3, 0.4) is 0 Å². The Labute approximate surface area is 174 Å². The summed E-state index contributed by atoms with van der Waals surface area (Å²) in [5, 5.41) is 12.4. The average molecular weight is 393 g/mol. The first-order chi connectivity index (χ1) is 14.2. The molecule has 3 rings (SSSR count). The Balaban J connectivity index is 1.74. The van der Waals surface area contributed by atoms with E-state index in [1.165, 1.54) is 11.3 Å². The molecule has 0 atom stereocenters. The van der Waals surface area contributed by atoms with Gasteiger partial charge in [0.2, 0.25) is 0 Å². The Bertz CT molecular complexity index is 940. The highest BCUT2D eigenvalue weighted by Crippen LogP contribution is 2.20. The van der Waals surface area contributed by atoms with E-state index in [0.717, 1.165) is 55.3 Å². The number of ether oxygens (including phenoxy) is 1. The average Bonchev–Trinajstić information content (AvgIpc) is 2.76. The number of rotatable bonds is 6. The molecule has 4 nitrogen and oxygen atoms in total. The molecule has 0 radical (unpaired) electrons. The fourth-order valence-corrected chi connectivity index (χ4v) is 3.81. The zero-order valence-corrected chi connectivity index (χ0v) is 17.8. The molecular formula is C25H32N2O2. The van der Waals surface area contributed by atoms with Gasteiger partial charge in [0.1, 0.15) is 11.5 Å². The van der Waals surface area contributed by atoms with Gasteiger partial charge in [-0.3, -0.25) is 4.90 Å². The molecule has 0 aromatic heterocycles. The number of aromatic hydroxyl groups is 1. The zero-order valence-electron chi connectivity index (χ0n) is 17.8. The molecular weight excluding hydrogens is 360 g/mol. The van der Waals surface area contributed by atoms with Crippen molar-refractivity contribution in [3.8, 4) is 11.5 Å². The fraction of sp³-hybridized carbons (Fsp3) is 0.360. The molecule has 2 aromatic rings. The lowest BCUT2D eigenvalue weighted by atomic mass is 10.1. The summed E-state index contributed by atoms with van der Waals surface area (Å²) in [6.45, 7) is 9.05. The van der Waals surface area contributed by atoms with E-state index < -0.39 is 0 Å². The van der Waals surface area contributed by atoms with Crippen LogP contribution in [0.5, 0.6) is 11.5 Å². The van der Waals surface area contributed by atoms with Crippen molar-refractivity contribution in [3.05, 3.63) is 64.6 Å². The summed E-state index contributed by atoms with van der Waals surface area (Å²) < 4.78 is 5.26. The van der Waals surface area contributed by atoms with Gasteiger partial charge in [-0.15, -0.1) is 0 Å². The molecule has 0 saturated carbocycles. The van der Waals surface area contributed by atoms with Crippen molar-refractivity contribution in [2.45, 2.75) is 26.8 Å². The Hall–Kier alpha value is -2.72. The molecule has 1 heterocycles. The highest BCUT2D eigenvalue weighted by Gasteiger charge is 2.18. The van der Waals surface area contributed by atoms with Gasteiger partial charge < -0.3 is 14.7 Å². The number of phenols is 1. The van der Waals surface area contributed by atoms with Crippen LogP contribution in [0.15, 0.2) is 48.6 Å². The first-order valence-electron chi connectivity index (χ1n) is 10.4. The SMILES string of the molecule is C\C=C/C=c1/c(CN2CCN(c3ccc(OC)cc3)CC2)ccc(O)/c1=C\CC. The van der Waals surface area contributed by atoms with E-state index in [4.69, 9.17) is 4.74 Å². The number of hydrogen-bond donors (Lipinski definition) is 1. The van der Waals surface area contributed by atoms with Crippen LogP contribution < -0.4 is 20.1 Å². The number of benzene rings is 2. The number of nitrogens with zero attached hydrogens (tertiary/aromatic N) is 2. The highest BCUT2D eigenvalue weighted by atomic mass is 16.5. The van der Waals surface area contributed by atoms with Gasteiger partial charge in [0.05, 0.1) is 7.11 Å². The van der Waals surface area contributed by atoms with Crippen molar-refractivity contribution in [1.82, 2.24) is 4.90 Å². The Morgan fingerprint density at radius 1 is 1.00 bits per heavy atom. The van der Waals surface area contributed by atoms with Crippen LogP contribution in [-0.4, -0.2) is 43.3 Å². The van der Waals surface area contributed by atoms with Gasteiger partial charge in [0, 0.05) is 43.6 Å². The Morgan fingerprint density at radius 3 is 2.34 bits per heavy atom. The van der Waals surface area contributed by atoms with Crippen molar-refractivity contribution in [1.29, 1.82) is 0 Å². The van der Waals surface area contributed by atoms with Gasteiger partial charge in [0.25, 0.3) is 0 Å². The first kappa shape index (κ1) is 21.0. The highest BCUT2D eigenvalue weighted by molar-refractivity contribution is 5.50. The van der Waals surface area contributed by atoms with Crippen molar-refractivity contribution in [2.75, 3.05) is 38.2 Å². The van der Waals surface area contributed by atoms with Crippen molar-refractivity contribution >= 4 is 17.8 Å². The third-order valence-corrected chi connectivity index (χ3v) is 5.42. The number of methoxy groups -OCH3 is 1. The summed E-state index contributed by atoms with van der Waals surface area (Å²) >= 11 is 0. The summed E-state index contributed by atoms with van der Waals surface area (Å²) in [6, 6.07) is 12.2. The lowest BCUT2D eigenvalue weighted by Crippen LogP contribution is -2.47. The maximum atomic E-state index is 10.3. The van der Waals surface area contributed by atoms with Gasteiger partial charge in [-0.2, -0.15) is 0 Å². The number of phenolic OH excluding ortho intramolecular Hbond substituents is 1. The van der Waals surface area contributed by atoms with Crippen LogP contribution in [-0.2, 0) is 6.54 Å². The second kappa shape index (κ2) is 10.2. The van der Waals surface area contributed by atoms with Crippen molar-refractivity contribution in [2.24, 2.45) is 0 Å². The molecule has 0 amide bonds.